The average molecular weight is 1120 g/mol. The minimum atomic E-state index is -0.824. The molecule has 0 bridgehead atoms. The van der Waals surface area contributed by atoms with Crippen LogP contribution in [-0.2, 0) is 28.6 Å². The van der Waals surface area contributed by atoms with Crippen molar-refractivity contribution in [2.45, 2.75) is 239 Å². The van der Waals surface area contributed by atoms with Crippen LogP contribution in [0.2, 0.25) is 0 Å². The lowest BCUT2D eigenvalue weighted by Crippen LogP contribution is -2.30. The van der Waals surface area contributed by atoms with E-state index >= 15 is 0 Å². The number of hydrogen-bond donors (Lipinski definition) is 0. The SMILES string of the molecule is CC/C=C\C/C=C\C/C=C\C/C=C\C/C=C\C/C=C\C/C=C\C/C=C\C/C=C\C/C=C\CCCCC(=O)OCC(COC(=O)CCCCCCCC)OC(=O)CCCCC/C=C\C/C=C\C/C=C\C/C=C\C/C=C\C/C=C\C/C=C\CC. The minimum absolute atomic E-state index is 0.117. The van der Waals surface area contributed by atoms with Gasteiger partial charge in [0, 0.05) is 19.3 Å². The molecule has 0 fully saturated rings. The summed E-state index contributed by atoms with van der Waals surface area (Å²) < 4.78 is 16.7. The van der Waals surface area contributed by atoms with Gasteiger partial charge in [0.25, 0.3) is 0 Å². The maximum absolute atomic E-state index is 12.8. The monoisotopic (exact) mass is 1120 g/mol. The summed E-state index contributed by atoms with van der Waals surface area (Å²) in [5.74, 6) is -1.02. The molecule has 82 heavy (non-hydrogen) atoms. The second-order valence-corrected chi connectivity index (χ2v) is 20.2. The van der Waals surface area contributed by atoms with Gasteiger partial charge >= 0.3 is 17.9 Å². The summed E-state index contributed by atoms with van der Waals surface area (Å²) in [6, 6.07) is 0. The van der Waals surface area contributed by atoms with Crippen LogP contribution in [0.25, 0.3) is 0 Å². The maximum Gasteiger partial charge on any atom is 0.306 e. The second kappa shape index (κ2) is 67.5. The molecule has 0 heterocycles. The fourth-order valence-corrected chi connectivity index (χ4v) is 7.80. The molecule has 6 nitrogen and oxygen atoms in total. The van der Waals surface area contributed by atoms with Crippen molar-refractivity contribution in [1.29, 1.82) is 0 Å². The number of esters is 3. The molecule has 0 aliphatic heterocycles. The summed E-state index contributed by atoms with van der Waals surface area (Å²) in [6.07, 6.45) is 104. The third-order valence-electron chi connectivity index (χ3n) is 12.5. The van der Waals surface area contributed by atoms with Gasteiger partial charge in [-0.1, -0.05) is 266 Å². The van der Waals surface area contributed by atoms with Gasteiger partial charge in [0.15, 0.2) is 6.10 Å². The van der Waals surface area contributed by atoms with E-state index in [4.69, 9.17) is 14.2 Å². The van der Waals surface area contributed by atoms with Gasteiger partial charge in [0.2, 0.25) is 0 Å². The molecule has 0 radical (unpaired) electrons. The lowest BCUT2D eigenvalue weighted by atomic mass is 10.1. The first kappa shape index (κ1) is 76.0. The van der Waals surface area contributed by atoms with E-state index < -0.39 is 6.10 Å². The number of rotatable bonds is 55. The highest BCUT2D eigenvalue weighted by atomic mass is 16.6. The van der Waals surface area contributed by atoms with E-state index in [0.717, 1.165) is 161 Å². The number of unbranched alkanes of at least 4 members (excludes halogenated alkanes) is 10. The fraction of sp³-hybridized carbons (Fsp3) is 0.513. The third-order valence-corrected chi connectivity index (χ3v) is 12.5. The Kier molecular flexibility index (Phi) is 62.5. The number of ether oxygens (including phenoxy) is 3. The largest absolute Gasteiger partial charge is 0.462 e. The predicted molar refractivity (Wildman–Crippen MR) is 357 cm³/mol. The van der Waals surface area contributed by atoms with Crippen LogP contribution in [0.3, 0.4) is 0 Å². The minimum Gasteiger partial charge on any atom is -0.462 e. The Morgan fingerprint density at radius 2 is 0.476 bits per heavy atom. The summed E-state index contributed by atoms with van der Waals surface area (Å²) >= 11 is 0. The van der Waals surface area contributed by atoms with Crippen LogP contribution in [0.1, 0.15) is 233 Å². The highest BCUT2D eigenvalue weighted by Gasteiger charge is 2.19. The maximum atomic E-state index is 12.8. The second-order valence-electron chi connectivity index (χ2n) is 20.2. The molecule has 0 aromatic rings. The first-order valence-corrected chi connectivity index (χ1v) is 32.1. The molecule has 6 heteroatoms. The van der Waals surface area contributed by atoms with Gasteiger partial charge < -0.3 is 14.2 Å². The molecule has 0 aliphatic rings. The van der Waals surface area contributed by atoms with Gasteiger partial charge in [-0.05, 0) is 154 Å². The number of carbonyl (C=O) groups is 3. The summed E-state index contributed by atoms with van der Waals surface area (Å²) in [4.78, 5) is 38.0. The van der Waals surface area contributed by atoms with Crippen molar-refractivity contribution in [3.8, 4) is 0 Å². The van der Waals surface area contributed by atoms with Crippen LogP contribution in [0.5, 0.6) is 0 Å². The molecule has 1 atom stereocenters. The van der Waals surface area contributed by atoms with Crippen molar-refractivity contribution >= 4 is 17.9 Å². The van der Waals surface area contributed by atoms with Crippen LogP contribution in [-0.4, -0.2) is 37.2 Å². The molecule has 0 spiro atoms. The Morgan fingerprint density at radius 3 is 0.768 bits per heavy atom. The lowest BCUT2D eigenvalue weighted by molar-refractivity contribution is -0.167. The Balaban J connectivity index is 4.32. The van der Waals surface area contributed by atoms with E-state index in [9.17, 15) is 14.4 Å². The van der Waals surface area contributed by atoms with Gasteiger partial charge in [-0.15, -0.1) is 0 Å². The van der Waals surface area contributed by atoms with E-state index in [0.29, 0.717) is 19.3 Å². The van der Waals surface area contributed by atoms with E-state index in [1.807, 2.05) is 0 Å². The molecule has 0 N–H and O–H groups in total. The van der Waals surface area contributed by atoms with Crippen molar-refractivity contribution in [2.24, 2.45) is 0 Å². The molecule has 0 aliphatic carbocycles. The summed E-state index contributed by atoms with van der Waals surface area (Å²) in [7, 11) is 0. The van der Waals surface area contributed by atoms with Gasteiger partial charge in [0.1, 0.15) is 13.2 Å². The highest BCUT2D eigenvalue weighted by Crippen LogP contribution is 2.12. The van der Waals surface area contributed by atoms with Crippen molar-refractivity contribution in [1.82, 2.24) is 0 Å². The average Bonchev–Trinajstić information content (AvgIpc) is 3.47. The van der Waals surface area contributed by atoms with Gasteiger partial charge in [-0.2, -0.15) is 0 Å². The van der Waals surface area contributed by atoms with Crippen LogP contribution in [0.4, 0.5) is 0 Å². The Morgan fingerprint density at radius 1 is 0.256 bits per heavy atom. The van der Waals surface area contributed by atoms with Gasteiger partial charge in [0.05, 0.1) is 0 Å². The van der Waals surface area contributed by atoms with Crippen LogP contribution >= 0.6 is 0 Å². The lowest BCUT2D eigenvalue weighted by Gasteiger charge is -2.18. The first-order chi connectivity index (χ1) is 40.5. The number of hydrogen-bond acceptors (Lipinski definition) is 6. The zero-order chi connectivity index (χ0) is 59.2. The molecular formula is C76H114O6. The molecule has 0 amide bonds. The molecule has 1 unspecified atom stereocenters. The number of allylic oxidation sites excluding steroid dienone is 34. The van der Waals surface area contributed by atoms with Crippen molar-refractivity contribution in [3.05, 3.63) is 207 Å². The van der Waals surface area contributed by atoms with E-state index in [-0.39, 0.29) is 44.0 Å². The summed E-state index contributed by atoms with van der Waals surface area (Å²) in [6.45, 7) is 6.26. The van der Waals surface area contributed by atoms with Crippen LogP contribution < -0.4 is 0 Å². The highest BCUT2D eigenvalue weighted by molar-refractivity contribution is 5.71. The zero-order valence-corrected chi connectivity index (χ0v) is 51.9. The van der Waals surface area contributed by atoms with Crippen molar-refractivity contribution in [2.75, 3.05) is 13.2 Å². The van der Waals surface area contributed by atoms with E-state index in [2.05, 4.69) is 227 Å². The predicted octanol–water partition coefficient (Wildman–Crippen LogP) is 22.4. The Bertz CT molecular complexity index is 2020. The summed E-state index contributed by atoms with van der Waals surface area (Å²) in [5, 5.41) is 0. The standard InChI is InChI=1S/C76H114O6/c1-4-7-10-13-16-18-20-22-24-26-28-30-32-34-35-36-37-38-39-40-41-43-44-46-48-50-52-54-56-58-60-63-66-69-75(78)81-72-73(71-80-74(77)68-65-62-15-12-9-6-3)82-76(79)70-67-64-61-59-57-55-53-51-49-47-45-42-33-31-29-27-25-23-21-19-17-14-11-8-5-2/h7-8,10-11,16-19,22-25,28-31,34-35,37-38,40-42,44-46,49-52,55-58,73H,4-6,9,12-15,20-21,26-27,32-33,36,39,43,47-48,53-54,59-72H2,1-3H3/b10-7-,11-8-,18-16-,19-17-,24-22-,25-23-,30-28-,31-29-,35-34-,38-37-,41-40-,45-42-,46-44-,51-49-,52-50-,57-55-,58-56-. The number of carbonyl (C=O) groups excluding carboxylic acids is 3. The fourth-order valence-electron chi connectivity index (χ4n) is 7.80. The van der Waals surface area contributed by atoms with Gasteiger partial charge in [-0.25, -0.2) is 0 Å². The van der Waals surface area contributed by atoms with Gasteiger partial charge in [-0.3, -0.25) is 14.4 Å². The molecule has 0 aromatic heterocycles. The first-order valence-electron chi connectivity index (χ1n) is 32.1. The quantitative estimate of drug-likeness (QED) is 0.0261. The molecule has 0 saturated heterocycles. The summed E-state index contributed by atoms with van der Waals surface area (Å²) in [5.41, 5.74) is 0. The van der Waals surface area contributed by atoms with E-state index in [1.54, 1.807) is 0 Å². The molecule has 0 rings (SSSR count). The van der Waals surface area contributed by atoms with Crippen molar-refractivity contribution in [3.63, 3.8) is 0 Å². The molecule has 0 aromatic carbocycles. The Hall–Kier alpha value is -6.01. The molecular weight excluding hydrogens is 1010 g/mol. The van der Waals surface area contributed by atoms with Crippen molar-refractivity contribution < 1.29 is 28.6 Å². The molecule has 0 saturated carbocycles. The third kappa shape index (κ3) is 64.8. The smallest absolute Gasteiger partial charge is 0.306 e. The van der Waals surface area contributed by atoms with Crippen LogP contribution in [0.15, 0.2) is 207 Å². The molecule has 454 valence electrons. The zero-order valence-electron chi connectivity index (χ0n) is 51.9. The topological polar surface area (TPSA) is 78.9 Å². The normalized spacial score (nSPS) is 13.5. The Labute approximate surface area is 502 Å². The van der Waals surface area contributed by atoms with E-state index in [1.165, 1.54) is 19.3 Å². The van der Waals surface area contributed by atoms with Crippen LogP contribution in [0, 0.1) is 0 Å².